The van der Waals surface area contributed by atoms with E-state index < -0.39 is 15.9 Å². The lowest BCUT2D eigenvalue weighted by Crippen LogP contribution is -2.32. The number of hydrogen-bond acceptors (Lipinski definition) is 5. The Kier molecular flexibility index (Phi) is 8.01. The largest absolute Gasteiger partial charge is 0.495 e. The van der Waals surface area contributed by atoms with Crippen molar-refractivity contribution in [1.29, 1.82) is 0 Å². The fourth-order valence-corrected chi connectivity index (χ4v) is 5.52. The number of nitrogens with one attached hydrogen (secondary N) is 1. The smallest absolute Gasteiger partial charge is 0.264 e. The highest BCUT2D eigenvalue weighted by Gasteiger charge is 2.29. The Morgan fingerprint density at radius 2 is 1.43 bits per heavy atom. The van der Waals surface area contributed by atoms with Crippen LogP contribution in [0, 0.1) is 0 Å². The molecular weight excluding hydrogens is 512 g/mol. The van der Waals surface area contributed by atoms with Crippen molar-refractivity contribution >= 4 is 38.9 Å². The van der Waals surface area contributed by atoms with Crippen molar-refractivity contribution in [2.45, 2.75) is 11.4 Å². The molecule has 9 heteroatoms. The molecule has 0 spiro atoms. The number of amides is 1. The van der Waals surface area contributed by atoms with Crippen molar-refractivity contribution in [2.75, 3.05) is 23.8 Å². The molecule has 0 fully saturated rings. The topological polar surface area (TPSA) is 84.9 Å². The van der Waals surface area contributed by atoms with Crippen molar-refractivity contribution in [1.82, 2.24) is 0 Å². The van der Waals surface area contributed by atoms with Crippen LogP contribution in [-0.2, 0) is 16.6 Å². The highest BCUT2D eigenvalue weighted by Crippen LogP contribution is 2.37. The number of anilines is 2. The third kappa shape index (κ3) is 5.71. The molecule has 0 aliphatic heterocycles. The standard InChI is InChI=1S/C28H25ClN2O5S/c1-35-26-18-24(27(36-2)17-23(26)29)30-28(32)22-15-9-10-16-25(22)31(19-20-11-5-3-6-12-20)37(33,34)21-13-7-4-8-14-21/h3-18H,19H2,1-2H3,(H,30,32). The quantitative estimate of drug-likeness (QED) is 0.283. The van der Waals surface area contributed by atoms with E-state index in [2.05, 4.69) is 5.32 Å². The zero-order valence-electron chi connectivity index (χ0n) is 20.2. The lowest BCUT2D eigenvalue weighted by Gasteiger charge is -2.26. The van der Waals surface area contributed by atoms with Gasteiger partial charge >= 0.3 is 0 Å². The molecule has 37 heavy (non-hydrogen) atoms. The summed E-state index contributed by atoms with van der Waals surface area (Å²) >= 11 is 6.19. The maximum absolute atomic E-state index is 13.8. The van der Waals surface area contributed by atoms with Gasteiger partial charge in [-0.1, -0.05) is 72.3 Å². The van der Waals surface area contributed by atoms with E-state index in [0.717, 1.165) is 5.56 Å². The average Bonchev–Trinajstić information content (AvgIpc) is 2.93. The molecule has 4 aromatic carbocycles. The summed E-state index contributed by atoms with van der Waals surface area (Å²) in [7, 11) is -1.10. The van der Waals surface area contributed by atoms with Crippen molar-refractivity contribution in [3.05, 3.63) is 113 Å². The summed E-state index contributed by atoms with van der Waals surface area (Å²) in [6.45, 7) is 0.0282. The minimum atomic E-state index is -4.02. The van der Waals surface area contributed by atoms with Crippen molar-refractivity contribution < 1.29 is 22.7 Å². The van der Waals surface area contributed by atoms with Gasteiger partial charge in [0.2, 0.25) is 0 Å². The minimum Gasteiger partial charge on any atom is -0.495 e. The number of sulfonamides is 1. The monoisotopic (exact) mass is 536 g/mol. The maximum atomic E-state index is 13.8. The van der Waals surface area contributed by atoms with E-state index in [4.69, 9.17) is 21.1 Å². The molecule has 7 nitrogen and oxygen atoms in total. The summed E-state index contributed by atoms with van der Waals surface area (Å²) < 4.78 is 39.6. The number of rotatable bonds is 9. The average molecular weight is 537 g/mol. The first-order valence-corrected chi connectivity index (χ1v) is 13.1. The molecular formula is C28H25ClN2O5S. The third-order valence-corrected chi connectivity index (χ3v) is 7.71. The molecule has 1 amide bonds. The Hall–Kier alpha value is -4.01. The molecule has 0 radical (unpaired) electrons. The van der Waals surface area contributed by atoms with Gasteiger partial charge in [0.25, 0.3) is 15.9 Å². The van der Waals surface area contributed by atoms with Crippen LogP contribution in [0.1, 0.15) is 15.9 Å². The summed E-state index contributed by atoms with van der Waals surface area (Å²) in [4.78, 5) is 13.7. The van der Waals surface area contributed by atoms with Crippen molar-refractivity contribution in [2.24, 2.45) is 0 Å². The summed E-state index contributed by atoms with van der Waals surface area (Å²) in [5.41, 5.74) is 1.48. The van der Waals surface area contributed by atoms with Crippen molar-refractivity contribution in [3.63, 3.8) is 0 Å². The molecule has 0 aliphatic carbocycles. The van der Waals surface area contributed by atoms with Gasteiger partial charge in [-0.25, -0.2) is 8.42 Å². The van der Waals surface area contributed by atoms with Gasteiger partial charge in [-0.2, -0.15) is 0 Å². The predicted molar refractivity (Wildman–Crippen MR) is 145 cm³/mol. The number of nitrogens with zero attached hydrogens (tertiary/aromatic N) is 1. The number of para-hydroxylation sites is 1. The molecule has 4 aromatic rings. The summed E-state index contributed by atoms with van der Waals surface area (Å²) in [5.74, 6) is 0.151. The van der Waals surface area contributed by atoms with Crippen LogP contribution in [0.2, 0.25) is 5.02 Å². The van der Waals surface area contributed by atoms with E-state index in [0.29, 0.717) is 22.2 Å². The van der Waals surface area contributed by atoms with E-state index >= 15 is 0 Å². The Labute approximate surface area is 221 Å². The second-order valence-electron chi connectivity index (χ2n) is 7.97. The molecule has 0 unspecified atom stereocenters. The Bertz CT molecular complexity index is 1500. The Morgan fingerprint density at radius 1 is 0.838 bits per heavy atom. The number of hydrogen-bond donors (Lipinski definition) is 1. The lowest BCUT2D eigenvalue weighted by molar-refractivity contribution is 0.102. The second-order valence-corrected chi connectivity index (χ2v) is 10.2. The third-order valence-electron chi connectivity index (χ3n) is 5.64. The fraction of sp³-hybridized carbons (Fsp3) is 0.107. The van der Waals surface area contributed by atoms with Crippen LogP contribution in [-0.4, -0.2) is 28.5 Å². The second kappa shape index (κ2) is 11.4. The van der Waals surface area contributed by atoms with Gasteiger partial charge in [-0.3, -0.25) is 9.10 Å². The van der Waals surface area contributed by atoms with Gasteiger partial charge in [0, 0.05) is 12.1 Å². The van der Waals surface area contributed by atoms with Crippen LogP contribution in [0.4, 0.5) is 11.4 Å². The van der Waals surface area contributed by atoms with Gasteiger partial charge < -0.3 is 14.8 Å². The van der Waals surface area contributed by atoms with Crippen LogP contribution in [0.5, 0.6) is 11.5 Å². The number of benzene rings is 4. The molecule has 4 rings (SSSR count). The SMILES string of the molecule is COc1cc(NC(=O)c2ccccc2N(Cc2ccccc2)S(=O)(=O)c2ccccc2)c(OC)cc1Cl. The first-order chi connectivity index (χ1) is 17.8. The normalized spacial score (nSPS) is 11.0. The molecule has 0 aliphatic rings. The highest BCUT2D eigenvalue weighted by atomic mass is 35.5. The van der Waals surface area contributed by atoms with Gasteiger partial charge in [0.1, 0.15) is 11.5 Å². The highest BCUT2D eigenvalue weighted by molar-refractivity contribution is 7.92. The summed E-state index contributed by atoms with van der Waals surface area (Å²) in [6.07, 6.45) is 0. The van der Waals surface area contributed by atoms with Crippen LogP contribution in [0.3, 0.4) is 0 Å². The summed E-state index contributed by atoms with van der Waals surface area (Å²) in [5, 5.41) is 3.13. The minimum absolute atomic E-state index is 0.0282. The van der Waals surface area contributed by atoms with E-state index in [1.807, 2.05) is 30.3 Å². The van der Waals surface area contributed by atoms with E-state index in [9.17, 15) is 13.2 Å². The van der Waals surface area contributed by atoms with E-state index in [1.54, 1.807) is 48.5 Å². The van der Waals surface area contributed by atoms with Crippen LogP contribution >= 0.6 is 11.6 Å². The first-order valence-electron chi connectivity index (χ1n) is 11.3. The van der Waals surface area contributed by atoms with E-state index in [-0.39, 0.29) is 22.7 Å². The summed E-state index contributed by atoms with van der Waals surface area (Å²) in [6, 6.07) is 26.9. The van der Waals surface area contributed by atoms with Gasteiger partial charge in [-0.15, -0.1) is 0 Å². The zero-order valence-corrected chi connectivity index (χ0v) is 21.8. The maximum Gasteiger partial charge on any atom is 0.264 e. The molecule has 0 bridgehead atoms. The molecule has 0 atom stereocenters. The number of methoxy groups -OCH3 is 2. The number of carbonyl (C=O) groups excluding carboxylic acids is 1. The molecule has 0 saturated heterocycles. The number of carbonyl (C=O) groups is 1. The molecule has 0 saturated carbocycles. The van der Waals surface area contributed by atoms with Crippen molar-refractivity contribution in [3.8, 4) is 11.5 Å². The van der Waals surface area contributed by atoms with Gasteiger partial charge in [-0.05, 0) is 29.8 Å². The van der Waals surface area contributed by atoms with Crippen LogP contribution in [0.25, 0.3) is 0 Å². The lowest BCUT2D eigenvalue weighted by atomic mass is 10.1. The number of ether oxygens (including phenoxy) is 2. The van der Waals surface area contributed by atoms with Gasteiger partial charge in [0.05, 0.1) is 47.6 Å². The zero-order chi connectivity index (χ0) is 26.4. The molecule has 1 N–H and O–H groups in total. The van der Waals surface area contributed by atoms with Crippen LogP contribution in [0.15, 0.2) is 102 Å². The number of halogens is 1. The fourth-order valence-electron chi connectivity index (χ4n) is 3.80. The van der Waals surface area contributed by atoms with Crippen LogP contribution < -0.4 is 19.1 Å². The molecule has 0 heterocycles. The predicted octanol–water partition coefficient (Wildman–Crippen LogP) is 6.01. The first kappa shape index (κ1) is 26.1. The Balaban J connectivity index is 1.79. The Morgan fingerprint density at radius 3 is 2.08 bits per heavy atom. The molecule has 0 aromatic heterocycles. The molecule has 190 valence electrons. The van der Waals surface area contributed by atoms with E-state index in [1.165, 1.54) is 36.7 Å². The van der Waals surface area contributed by atoms with Gasteiger partial charge in [0.15, 0.2) is 0 Å².